The number of carbonyl (C=O) groups is 1. The van der Waals surface area contributed by atoms with Gasteiger partial charge >= 0.3 is 6.09 Å². The summed E-state index contributed by atoms with van der Waals surface area (Å²) in [6.45, 7) is 8.45. The summed E-state index contributed by atoms with van der Waals surface area (Å²) in [6.07, 6.45) is 5.82. The first-order chi connectivity index (χ1) is 17.1. The van der Waals surface area contributed by atoms with Crippen LogP contribution in [0.3, 0.4) is 0 Å². The van der Waals surface area contributed by atoms with Crippen molar-refractivity contribution in [3.05, 3.63) is 69.4 Å². The second kappa shape index (κ2) is 11.0. The van der Waals surface area contributed by atoms with Crippen LogP contribution in [0, 0.1) is 0 Å². The molecule has 0 unspecified atom stereocenters. The summed E-state index contributed by atoms with van der Waals surface area (Å²) in [7, 11) is 0. The number of aromatic nitrogens is 3. The zero-order chi connectivity index (χ0) is 25.9. The predicted molar refractivity (Wildman–Crippen MR) is 142 cm³/mol. The van der Waals surface area contributed by atoms with Crippen LogP contribution < -0.4 is 5.56 Å². The Labute approximate surface area is 216 Å². The van der Waals surface area contributed by atoms with E-state index in [1.54, 1.807) is 23.1 Å². The summed E-state index contributed by atoms with van der Waals surface area (Å²) in [5.41, 5.74) is 1.33. The SMILES string of the molecule is CC(C)(C)N(CCCN1CCC[C@@H]1Cn1nc(Cc2ccc(Cl)cc2)c2cnccc2c1=O)C(=O)O. The lowest BCUT2D eigenvalue weighted by Gasteiger charge is -2.34. The maximum absolute atomic E-state index is 13.3. The maximum atomic E-state index is 13.3. The van der Waals surface area contributed by atoms with E-state index in [0.717, 1.165) is 49.0 Å². The van der Waals surface area contributed by atoms with Gasteiger partial charge in [0.05, 0.1) is 17.6 Å². The van der Waals surface area contributed by atoms with E-state index < -0.39 is 11.6 Å². The minimum absolute atomic E-state index is 0.108. The van der Waals surface area contributed by atoms with E-state index in [9.17, 15) is 14.7 Å². The highest BCUT2D eigenvalue weighted by Gasteiger charge is 2.28. The standard InChI is InChI=1S/C27H34ClN5O3/c1-27(2,3)32(26(35)36)15-5-14-31-13-4-6-21(31)18-33-25(34)22-11-12-29-17-23(22)24(30-33)16-19-7-9-20(28)10-8-19/h7-12,17,21H,4-6,13-16,18H2,1-3H3,(H,35,36)/t21-/m1/s1. The molecule has 1 amide bonds. The smallest absolute Gasteiger partial charge is 0.407 e. The van der Waals surface area contributed by atoms with Crippen LogP contribution >= 0.6 is 11.6 Å². The molecule has 0 saturated carbocycles. The van der Waals surface area contributed by atoms with Crippen molar-refractivity contribution in [1.29, 1.82) is 0 Å². The molecule has 3 aromatic rings. The van der Waals surface area contributed by atoms with Crippen LogP contribution in [0.5, 0.6) is 0 Å². The van der Waals surface area contributed by atoms with Gasteiger partial charge in [0.2, 0.25) is 0 Å². The third-order valence-corrected chi connectivity index (χ3v) is 7.13. The topological polar surface area (TPSA) is 91.6 Å². The summed E-state index contributed by atoms with van der Waals surface area (Å²) in [4.78, 5) is 33.1. The fourth-order valence-corrected chi connectivity index (χ4v) is 5.12. The number of halogens is 1. The summed E-state index contributed by atoms with van der Waals surface area (Å²) in [5, 5.41) is 16.4. The summed E-state index contributed by atoms with van der Waals surface area (Å²) < 4.78 is 1.61. The fraction of sp³-hybridized carbons (Fsp3) is 0.481. The first kappa shape index (κ1) is 26.1. The third kappa shape index (κ3) is 6.05. The lowest BCUT2D eigenvalue weighted by molar-refractivity contribution is 0.0955. The number of amides is 1. The van der Waals surface area contributed by atoms with Crippen LogP contribution in [-0.2, 0) is 13.0 Å². The van der Waals surface area contributed by atoms with Crippen molar-refractivity contribution in [3.63, 3.8) is 0 Å². The number of carboxylic acid groups (broad SMARTS) is 1. The van der Waals surface area contributed by atoms with Crippen molar-refractivity contribution in [1.82, 2.24) is 24.6 Å². The third-order valence-electron chi connectivity index (χ3n) is 6.87. The molecular weight excluding hydrogens is 478 g/mol. The molecular formula is C27H34ClN5O3. The van der Waals surface area contributed by atoms with Gasteiger partial charge in [-0.2, -0.15) is 5.10 Å². The highest BCUT2D eigenvalue weighted by Crippen LogP contribution is 2.22. The molecule has 1 fully saturated rings. The number of pyridine rings is 1. The van der Waals surface area contributed by atoms with Crippen molar-refractivity contribution in [3.8, 4) is 0 Å². The second-order valence-electron chi connectivity index (χ2n) is 10.4. The van der Waals surface area contributed by atoms with Gasteiger partial charge in [0.15, 0.2) is 0 Å². The number of fused-ring (bicyclic) bond motifs is 1. The Bertz CT molecular complexity index is 1270. The Morgan fingerprint density at radius 1 is 1.19 bits per heavy atom. The van der Waals surface area contributed by atoms with E-state index >= 15 is 0 Å². The molecule has 0 radical (unpaired) electrons. The predicted octanol–water partition coefficient (Wildman–Crippen LogP) is 4.67. The Kier molecular flexibility index (Phi) is 7.95. The number of likely N-dealkylation sites (tertiary alicyclic amines) is 1. The molecule has 1 aliphatic heterocycles. The number of hydrogen-bond acceptors (Lipinski definition) is 5. The Hall–Kier alpha value is -2.97. The van der Waals surface area contributed by atoms with Crippen molar-refractivity contribution >= 4 is 28.5 Å². The van der Waals surface area contributed by atoms with Gasteiger partial charge in [0.1, 0.15) is 0 Å². The Morgan fingerprint density at radius 2 is 1.94 bits per heavy atom. The van der Waals surface area contributed by atoms with Crippen molar-refractivity contribution < 1.29 is 9.90 Å². The van der Waals surface area contributed by atoms with Gasteiger partial charge in [-0.05, 0) is 70.3 Å². The summed E-state index contributed by atoms with van der Waals surface area (Å²) in [5.74, 6) is 0. The number of rotatable bonds is 8. The molecule has 3 heterocycles. The summed E-state index contributed by atoms with van der Waals surface area (Å²) in [6, 6.07) is 9.60. The molecule has 2 aromatic heterocycles. The van der Waals surface area contributed by atoms with E-state index in [1.807, 2.05) is 45.0 Å². The number of benzene rings is 1. The van der Waals surface area contributed by atoms with Gasteiger partial charge in [-0.3, -0.25) is 14.7 Å². The maximum Gasteiger partial charge on any atom is 0.407 e. The summed E-state index contributed by atoms with van der Waals surface area (Å²) >= 11 is 6.05. The van der Waals surface area contributed by atoms with Gasteiger partial charge in [0.25, 0.3) is 5.56 Å². The van der Waals surface area contributed by atoms with Crippen molar-refractivity contribution in [2.75, 3.05) is 19.6 Å². The van der Waals surface area contributed by atoms with E-state index in [2.05, 4.69) is 9.88 Å². The van der Waals surface area contributed by atoms with Crippen molar-refractivity contribution in [2.45, 2.75) is 64.6 Å². The molecule has 1 aromatic carbocycles. The average molecular weight is 512 g/mol. The minimum atomic E-state index is -0.893. The molecule has 1 saturated heterocycles. The molecule has 0 aliphatic carbocycles. The molecule has 1 atom stereocenters. The molecule has 0 spiro atoms. The van der Waals surface area contributed by atoms with Gasteiger partial charge in [-0.1, -0.05) is 23.7 Å². The molecule has 1 N–H and O–H groups in total. The lowest BCUT2D eigenvalue weighted by Crippen LogP contribution is -2.46. The van der Waals surface area contributed by atoms with E-state index in [1.165, 1.54) is 4.90 Å². The van der Waals surface area contributed by atoms with Gasteiger partial charge in [0, 0.05) is 53.9 Å². The molecule has 9 heteroatoms. The molecule has 8 nitrogen and oxygen atoms in total. The Morgan fingerprint density at radius 3 is 2.64 bits per heavy atom. The van der Waals surface area contributed by atoms with E-state index in [-0.39, 0.29) is 11.6 Å². The zero-order valence-corrected chi connectivity index (χ0v) is 21.9. The van der Waals surface area contributed by atoms with Gasteiger partial charge in [-0.15, -0.1) is 0 Å². The molecule has 0 bridgehead atoms. The number of nitrogens with zero attached hydrogens (tertiary/aromatic N) is 5. The van der Waals surface area contributed by atoms with Crippen LogP contribution in [0.2, 0.25) is 5.02 Å². The highest BCUT2D eigenvalue weighted by molar-refractivity contribution is 6.30. The first-order valence-electron chi connectivity index (χ1n) is 12.5. The quantitative estimate of drug-likeness (QED) is 0.472. The zero-order valence-electron chi connectivity index (χ0n) is 21.2. The van der Waals surface area contributed by atoms with Crippen LogP contribution in [0.25, 0.3) is 10.8 Å². The second-order valence-corrected chi connectivity index (χ2v) is 10.9. The lowest BCUT2D eigenvalue weighted by atomic mass is 10.1. The number of hydrogen-bond donors (Lipinski definition) is 1. The van der Waals surface area contributed by atoms with Crippen LogP contribution in [0.15, 0.2) is 47.5 Å². The van der Waals surface area contributed by atoms with Crippen LogP contribution in [0.1, 0.15) is 51.3 Å². The molecule has 1 aliphatic rings. The Balaban J connectivity index is 1.52. The van der Waals surface area contributed by atoms with E-state index in [4.69, 9.17) is 16.7 Å². The minimum Gasteiger partial charge on any atom is -0.465 e. The first-order valence-corrected chi connectivity index (χ1v) is 12.8. The van der Waals surface area contributed by atoms with Gasteiger partial charge in [-0.25, -0.2) is 9.48 Å². The molecule has 192 valence electrons. The largest absolute Gasteiger partial charge is 0.465 e. The highest BCUT2D eigenvalue weighted by atomic mass is 35.5. The van der Waals surface area contributed by atoms with Crippen molar-refractivity contribution in [2.24, 2.45) is 0 Å². The average Bonchev–Trinajstić information content (AvgIpc) is 3.27. The normalized spacial score (nSPS) is 16.5. The monoisotopic (exact) mass is 511 g/mol. The van der Waals surface area contributed by atoms with Crippen LogP contribution in [-0.4, -0.2) is 67.0 Å². The van der Waals surface area contributed by atoms with E-state index in [0.29, 0.717) is 29.9 Å². The van der Waals surface area contributed by atoms with Crippen LogP contribution in [0.4, 0.5) is 4.79 Å². The molecule has 36 heavy (non-hydrogen) atoms. The molecule has 4 rings (SSSR count). The van der Waals surface area contributed by atoms with Gasteiger partial charge < -0.3 is 10.0 Å². The fourth-order valence-electron chi connectivity index (χ4n) is 4.99.